The van der Waals surface area contributed by atoms with E-state index in [1.165, 1.54) is 0 Å². The van der Waals surface area contributed by atoms with Crippen molar-refractivity contribution in [1.82, 2.24) is 9.80 Å². The maximum absolute atomic E-state index is 12.9. The number of carbonyl (C=O) groups excluding carboxylic acids is 1. The number of rotatable bonds is 4. The van der Waals surface area contributed by atoms with Gasteiger partial charge < -0.3 is 14.4 Å². The van der Waals surface area contributed by atoms with E-state index in [2.05, 4.69) is 11.8 Å². The number of hydrogen-bond donors (Lipinski definition) is 0. The van der Waals surface area contributed by atoms with E-state index in [1.807, 2.05) is 30.0 Å². The Kier molecular flexibility index (Phi) is 5.97. The number of likely N-dealkylation sites (tertiary alicyclic amines) is 1. The van der Waals surface area contributed by atoms with Crippen molar-refractivity contribution in [2.45, 2.75) is 32.7 Å². The van der Waals surface area contributed by atoms with Crippen molar-refractivity contribution in [3.05, 3.63) is 29.3 Å². The number of aryl methyl sites for hydroxylation is 1. The third-order valence-electron chi connectivity index (χ3n) is 5.72. The molecule has 2 aliphatic rings. The molecule has 1 atom stereocenters. The Bertz CT molecular complexity index is 591. The molecule has 5 heteroatoms. The third-order valence-corrected chi connectivity index (χ3v) is 5.72. The van der Waals surface area contributed by atoms with Gasteiger partial charge in [-0.25, -0.2) is 0 Å². The second kappa shape index (κ2) is 8.19. The van der Waals surface area contributed by atoms with Gasteiger partial charge in [-0.05, 0) is 50.3 Å². The molecule has 2 saturated heterocycles. The summed E-state index contributed by atoms with van der Waals surface area (Å²) in [6.07, 6.45) is 2.14. The molecule has 2 heterocycles. The van der Waals surface area contributed by atoms with E-state index in [0.717, 1.165) is 57.8 Å². The third kappa shape index (κ3) is 4.15. The summed E-state index contributed by atoms with van der Waals surface area (Å²) in [6.45, 7) is 9.74. The summed E-state index contributed by atoms with van der Waals surface area (Å²) in [7, 11) is 1.63. The maximum Gasteiger partial charge on any atom is 0.257 e. The first-order valence-electron chi connectivity index (χ1n) is 9.36. The Labute approximate surface area is 150 Å². The van der Waals surface area contributed by atoms with Crippen molar-refractivity contribution in [3.63, 3.8) is 0 Å². The van der Waals surface area contributed by atoms with Crippen LogP contribution in [-0.2, 0) is 4.74 Å². The van der Waals surface area contributed by atoms with E-state index >= 15 is 0 Å². The number of benzene rings is 1. The normalized spacial score (nSPS) is 21.2. The van der Waals surface area contributed by atoms with Gasteiger partial charge in [-0.15, -0.1) is 0 Å². The van der Waals surface area contributed by atoms with Gasteiger partial charge in [-0.2, -0.15) is 0 Å². The number of hydrogen-bond acceptors (Lipinski definition) is 4. The molecule has 25 heavy (non-hydrogen) atoms. The van der Waals surface area contributed by atoms with Crippen LogP contribution in [0.1, 0.15) is 35.7 Å². The quantitative estimate of drug-likeness (QED) is 0.840. The predicted octanol–water partition coefficient (Wildman–Crippen LogP) is 2.58. The molecule has 1 aromatic rings. The minimum Gasteiger partial charge on any atom is -0.496 e. The van der Waals surface area contributed by atoms with E-state index in [4.69, 9.17) is 9.47 Å². The summed E-state index contributed by atoms with van der Waals surface area (Å²) >= 11 is 0. The molecule has 0 spiro atoms. The molecule has 3 rings (SSSR count). The topological polar surface area (TPSA) is 42.0 Å². The molecule has 0 unspecified atom stereocenters. The summed E-state index contributed by atoms with van der Waals surface area (Å²) in [6, 6.07) is 6.36. The zero-order valence-corrected chi connectivity index (χ0v) is 15.7. The molecule has 2 aliphatic heterocycles. The molecule has 1 amide bonds. The highest BCUT2D eigenvalue weighted by Gasteiger charge is 2.31. The van der Waals surface area contributed by atoms with Crippen molar-refractivity contribution in [1.29, 1.82) is 0 Å². The summed E-state index contributed by atoms with van der Waals surface area (Å²) in [5, 5.41) is 0. The van der Waals surface area contributed by atoms with Gasteiger partial charge in [0.15, 0.2) is 0 Å². The lowest BCUT2D eigenvalue weighted by Crippen LogP contribution is -2.49. The largest absolute Gasteiger partial charge is 0.496 e. The van der Waals surface area contributed by atoms with Gasteiger partial charge in [-0.3, -0.25) is 9.69 Å². The highest BCUT2D eigenvalue weighted by Crippen LogP contribution is 2.27. The van der Waals surface area contributed by atoms with Crippen LogP contribution in [0.25, 0.3) is 0 Å². The van der Waals surface area contributed by atoms with Crippen LogP contribution in [0.5, 0.6) is 5.75 Å². The summed E-state index contributed by atoms with van der Waals surface area (Å²) in [5.41, 5.74) is 1.78. The average Bonchev–Trinajstić information content (AvgIpc) is 2.67. The number of amides is 1. The van der Waals surface area contributed by atoms with Gasteiger partial charge >= 0.3 is 0 Å². The first-order valence-corrected chi connectivity index (χ1v) is 9.36. The van der Waals surface area contributed by atoms with E-state index in [0.29, 0.717) is 23.3 Å². The number of carbonyl (C=O) groups is 1. The van der Waals surface area contributed by atoms with Crippen LogP contribution in [0.4, 0.5) is 0 Å². The van der Waals surface area contributed by atoms with E-state index in [9.17, 15) is 4.79 Å². The molecular weight excluding hydrogens is 316 g/mol. The highest BCUT2D eigenvalue weighted by molar-refractivity contribution is 5.97. The Morgan fingerprint density at radius 2 is 1.88 bits per heavy atom. The van der Waals surface area contributed by atoms with Crippen molar-refractivity contribution >= 4 is 5.91 Å². The number of morpholine rings is 1. The van der Waals surface area contributed by atoms with Gasteiger partial charge in [0.25, 0.3) is 5.91 Å². The first-order chi connectivity index (χ1) is 12.1. The molecule has 0 aromatic heterocycles. The van der Waals surface area contributed by atoms with Gasteiger partial charge in [0.2, 0.25) is 0 Å². The Balaban J connectivity index is 1.59. The summed E-state index contributed by atoms with van der Waals surface area (Å²) in [4.78, 5) is 17.4. The van der Waals surface area contributed by atoms with E-state index < -0.39 is 0 Å². The second-order valence-corrected chi connectivity index (χ2v) is 7.22. The van der Waals surface area contributed by atoms with E-state index in [1.54, 1.807) is 7.11 Å². The molecule has 0 bridgehead atoms. The highest BCUT2D eigenvalue weighted by atomic mass is 16.5. The lowest BCUT2D eigenvalue weighted by Gasteiger charge is -2.41. The Morgan fingerprint density at radius 3 is 2.52 bits per heavy atom. The van der Waals surface area contributed by atoms with Crippen LogP contribution in [-0.4, -0.2) is 68.3 Å². The van der Waals surface area contributed by atoms with Crippen LogP contribution in [0.15, 0.2) is 18.2 Å². The maximum atomic E-state index is 12.9. The van der Waals surface area contributed by atoms with Gasteiger partial charge in [0.1, 0.15) is 5.75 Å². The number of methoxy groups -OCH3 is 1. The molecule has 5 nitrogen and oxygen atoms in total. The fourth-order valence-corrected chi connectivity index (χ4v) is 4.01. The molecule has 0 N–H and O–H groups in total. The molecule has 138 valence electrons. The standard InChI is InChI=1S/C20H30N2O3/c1-15-4-5-18(19(14-15)24-3)20(23)22-8-6-17(7-9-22)16(2)21-10-12-25-13-11-21/h4-5,14,16-17H,6-13H2,1-3H3/t16-/m1/s1. The minimum atomic E-state index is 0.0920. The zero-order valence-electron chi connectivity index (χ0n) is 15.7. The number of ether oxygens (including phenoxy) is 2. The zero-order chi connectivity index (χ0) is 17.8. The second-order valence-electron chi connectivity index (χ2n) is 7.22. The molecule has 0 radical (unpaired) electrons. The van der Waals surface area contributed by atoms with Crippen LogP contribution in [0, 0.1) is 12.8 Å². The molecule has 0 saturated carbocycles. The van der Waals surface area contributed by atoms with Crippen molar-refractivity contribution < 1.29 is 14.3 Å². The fraction of sp³-hybridized carbons (Fsp3) is 0.650. The molecule has 0 aliphatic carbocycles. The van der Waals surface area contributed by atoms with Gasteiger partial charge in [0, 0.05) is 32.2 Å². The average molecular weight is 346 g/mol. The molecular formula is C20H30N2O3. The summed E-state index contributed by atoms with van der Waals surface area (Å²) < 4.78 is 10.9. The number of nitrogens with zero attached hydrogens (tertiary/aromatic N) is 2. The number of piperidine rings is 1. The van der Waals surface area contributed by atoms with Crippen molar-refractivity contribution in [2.24, 2.45) is 5.92 Å². The molecule has 2 fully saturated rings. The van der Waals surface area contributed by atoms with E-state index in [-0.39, 0.29) is 5.91 Å². The first kappa shape index (κ1) is 18.2. The minimum absolute atomic E-state index is 0.0920. The Morgan fingerprint density at radius 1 is 1.20 bits per heavy atom. The van der Waals surface area contributed by atoms with Crippen molar-refractivity contribution in [3.8, 4) is 5.75 Å². The lowest BCUT2D eigenvalue weighted by atomic mass is 9.89. The van der Waals surface area contributed by atoms with Gasteiger partial charge in [0.05, 0.1) is 25.9 Å². The smallest absolute Gasteiger partial charge is 0.257 e. The van der Waals surface area contributed by atoms with Crippen LogP contribution >= 0.6 is 0 Å². The molecule has 1 aromatic carbocycles. The van der Waals surface area contributed by atoms with Crippen LogP contribution in [0.3, 0.4) is 0 Å². The van der Waals surface area contributed by atoms with Crippen LogP contribution < -0.4 is 4.74 Å². The monoisotopic (exact) mass is 346 g/mol. The van der Waals surface area contributed by atoms with Crippen molar-refractivity contribution in [2.75, 3.05) is 46.5 Å². The Hall–Kier alpha value is -1.59. The van der Waals surface area contributed by atoms with Crippen LogP contribution in [0.2, 0.25) is 0 Å². The SMILES string of the molecule is COc1cc(C)ccc1C(=O)N1CCC([C@@H](C)N2CCOCC2)CC1. The fourth-order valence-electron chi connectivity index (χ4n) is 4.01. The van der Waals surface area contributed by atoms with Gasteiger partial charge in [-0.1, -0.05) is 6.07 Å². The predicted molar refractivity (Wildman–Crippen MR) is 98.2 cm³/mol. The lowest BCUT2D eigenvalue weighted by molar-refractivity contribution is -0.000965. The summed E-state index contributed by atoms with van der Waals surface area (Å²) in [5.74, 6) is 1.42.